The lowest BCUT2D eigenvalue weighted by molar-refractivity contribution is -0.140. The number of hydrogen-bond acceptors (Lipinski definition) is 6. The number of pyridine rings is 1. The third-order valence-corrected chi connectivity index (χ3v) is 5.98. The monoisotopic (exact) mass is 478 g/mol. The standard InChI is InChI=1S/C26H23ClN2O5/c1-15-11-19(25(34-3)20(27)12-15)23(30)21-22(17-6-8-18(33-2)9-7-17)29(26(32)24(21)31)14-16-5-4-10-28-13-16/h4-13,22,30H,14H2,1-3H3/b23-21+. The number of Topliss-reactive ketones (excluding diaryl/α,β-unsaturated/α-hetero) is 1. The molecular weight excluding hydrogens is 456 g/mol. The summed E-state index contributed by atoms with van der Waals surface area (Å²) in [4.78, 5) is 32.0. The van der Waals surface area contributed by atoms with Gasteiger partial charge in [0.1, 0.15) is 17.3 Å². The third kappa shape index (κ3) is 4.22. The predicted molar refractivity (Wildman–Crippen MR) is 128 cm³/mol. The molecule has 0 saturated carbocycles. The third-order valence-electron chi connectivity index (χ3n) is 5.69. The SMILES string of the molecule is COc1ccc(C2/C(=C(\O)c3cc(C)cc(Cl)c3OC)C(=O)C(=O)N2Cc2cccnc2)cc1. The zero-order valence-corrected chi connectivity index (χ0v) is 19.7. The number of aromatic nitrogens is 1. The van der Waals surface area contributed by atoms with Crippen molar-refractivity contribution in [2.75, 3.05) is 14.2 Å². The smallest absolute Gasteiger partial charge is 0.295 e. The number of ketones is 1. The Bertz CT molecular complexity index is 1270. The van der Waals surface area contributed by atoms with Crippen LogP contribution in [0.2, 0.25) is 5.02 Å². The summed E-state index contributed by atoms with van der Waals surface area (Å²) in [6.45, 7) is 1.95. The van der Waals surface area contributed by atoms with Crippen molar-refractivity contribution in [2.45, 2.75) is 19.5 Å². The van der Waals surface area contributed by atoms with E-state index in [1.807, 2.05) is 13.0 Å². The van der Waals surface area contributed by atoms with Crippen molar-refractivity contribution in [1.82, 2.24) is 9.88 Å². The van der Waals surface area contributed by atoms with Crippen molar-refractivity contribution in [3.05, 3.63) is 93.8 Å². The van der Waals surface area contributed by atoms with E-state index in [-0.39, 0.29) is 34.2 Å². The van der Waals surface area contributed by atoms with Gasteiger partial charge in [-0.3, -0.25) is 14.6 Å². The van der Waals surface area contributed by atoms with E-state index in [9.17, 15) is 14.7 Å². The molecule has 7 nitrogen and oxygen atoms in total. The molecule has 8 heteroatoms. The van der Waals surface area contributed by atoms with Crippen LogP contribution in [-0.4, -0.2) is 40.9 Å². The average Bonchev–Trinajstić information content (AvgIpc) is 3.08. The molecule has 0 bridgehead atoms. The zero-order chi connectivity index (χ0) is 24.4. The molecule has 0 spiro atoms. The first-order valence-electron chi connectivity index (χ1n) is 10.5. The van der Waals surface area contributed by atoms with E-state index < -0.39 is 17.7 Å². The van der Waals surface area contributed by atoms with Crippen molar-refractivity contribution >= 4 is 29.1 Å². The summed E-state index contributed by atoms with van der Waals surface area (Å²) in [6.07, 6.45) is 3.26. The van der Waals surface area contributed by atoms with Gasteiger partial charge in [0.15, 0.2) is 0 Å². The molecule has 1 unspecified atom stereocenters. The van der Waals surface area contributed by atoms with Crippen LogP contribution in [0.5, 0.6) is 11.5 Å². The van der Waals surface area contributed by atoms with Gasteiger partial charge < -0.3 is 19.5 Å². The summed E-state index contributed by atoms with van der Waals surface area (Å²) >= 11 is 6.33. The van der Waals surface area contributed by atoms with Gasteiger partial charge in [-0.05, 0) is 53.9 Å². The first-order chi connectivity index (χ1) is 16.3. The van der Waals surface area contributed by atoms with E-state index in [0.717, 1.165) is 11.1 Å². The first kappa shape index (κ1) is 23.3. The molecule has 1 aromatic heterocycles. The Morgan fingerprint density at radius 1 is 1.12 bits per heavy atom. The molecule has 1 aliphatic heterocycles. The molecule has 34 heavy (non-hydrogen) atoms. The van der Waals surface area contributed by atoms with E-state index in [1.54, 1.807) is 62.0 Å². The highest BCUT2D eigenvalue weighted by Gasteiger charge is 2.46. The summed E-state index contributed by atoms with van der Waals surface area (Å²) in [6, 6.07) is 13.1. The second kappa shape index (κ2) is 9.57. The second-order valence-corrected chi connectivity index (χ2v) is 8.30. The first-order valence-corrected chi connectivity index (χ1v) is 10.9. The number of aliphatic hydroxyl groups is 1. The largest absolute Gasteiger partial charge is 0.507 e. The van der Waals surface area contributed by atoms with E-state index in [2.05, 4.69) is 4.98 Å². The summed E-state index contributed by atoms with van der Waals surface area (Å²) in [5.74, 6) is -1.02. The van der Waals surface area contributed by atoms with Crippen LogP contribution in [0.25, 0.3) is 5.76 Å². The molecule has 2 aromatic carbocycles. The molecule has 1 atom stereocenters. The maximum atomic E-state index is 13.3. The van der Waals surface area contributed by atoms with Gasteiger partial charge in [0.2, 0.25) is 0 Å². The minimum absolute atomic E-state index is 0.0426. The van der Waals surface area contributed by atoms with Crippen LogP contribution < -0.4 is 9.47 Å². The molecule has 0 radical (unpaired) electrons. The Morgan fingerprint density at radius 2 is 1.85 bits per heavy atom. The fourth-order valence-corrected chi connectivity index (χ4v) is 4.47. The Kier molecular flexibility index (Phi) is 6.56. The minimum Gasteiger partial charge on any atom is -0.507 e. The van der Waals surface area contributed by atoms with Crippen molar-refractivity contribution < 1.29 is 24.2 Å². The van der Waals surface area contributed by atoms with Gasteiger partial charge in [-0.1, -0.05) is 29.8 Å². The molecule has 0 aliphatic carbocycles. The van der Waals surface area contributed by atoms with Crippen molar-refractivity contribution in [3.63, 3.8) is 0 Å². The number of benzene rings is 2. The minimum atomic E-state index is -0.838. The van der Waals surface area contributed by atoms with E-state index in [0.29, 0.717) is 11.3 Å². The number of hydrogen-bond donors (Lipinski definition) is 1. The number of amides is 1. The van der Waals surface area contributed by atoms with Crippen molar-refractivity contribution in [3.8, 4) is 11.5 Å². The molecule has 174 valence electrons. The van der Waals surface area contributed by atoms with Crippen molar-refractivity contribution in [2.24, 2.45) is 0 Å². The number of carbonyl (C=O) groups is 2. The number of ether oxygens (including phenoxy) is 2. The highest BCUT2D eigenvalue weighted by atomic mass is 35.5. The molecule has 1 fully saturated rings. The fourth-order valence-electron chi connectivity index (χ4n) is 4.12. The van der Waals surface area contributed by atoms with Crippen LogP contribution in [0.4, 0.5) is 0 Å². The lowest BCUT2D eigenvalue weighted by Gasteiger charge is -2.25. The van der Waals surface area contributed by atoms with Gasteiger partial charge in [0, 0.05) is 18.9 Å². The van der Waals surface area contributed by atoms with Crippen molar-refractivity contribution in [1.29, 1.82) is 0 Å². The van der Waals surface area contributed by atoms with Gasteiger partial charge in [-0.25, -0.2) is 0 Å². The van der Waals surface area contributed by atoms with E-state index in [4.69, 9.17) is 21.1 Å². The number of aliphatic hydroxyl groups excluding tert-OH is 1. The number of methoxy groups -OCH3 is 2. The van der Waals surface area contributed by atoms with Crippen LogP contribution >= 0.6 is 11.6 Å². The predicted octanol–water partition coefficient (Wildman–Crippen LogP) is 4.68. The number of aryl methyl sites for hydroxylation is 1. The molecule has 1 saturated heterocycles. The van der Waals surface area contributed by atoms with Crippen LogP contribution in [0, 0.1) is 6.92 Å². The fraction of sp³-hybridized carbons (Fsp3) is 0.192. The second-order valence-electron chi connectivity index (χ2n) is 7.89. The summed E-state index contributed by atoms with van der Waals surface area (Å²) in [5, 5.41) is 11.7. The van der Waals surface area contributed by atoms with Crippen LogP contribution in [0.3, 0.4) is 0 Å². The quantitative estimate of drug-likeness (QED) is 0.314. The Morgan fingerprint density at radius 3 is 2.47 bits per heavy atom. The summed E-state index contributed by atoms with van der Waals surface area (Å²) in [7, 11) is 2.98. The molecule has 1 amide bonds. The number of nitrogens with zero attached hydrogens (tertiary/aromatic N) is 2. The number of carbonyl (C=O) groups excluding carboxylic acids is 2. The number of halogens is 1. The molecule has 2 heterocycles. The van der Waals surface area contributed by atoms with Crippen LogP contribution in [0.1, 0.15) is 28.3 Å². The van der Waals surface area contributed by atoms with Gasteiger partial charge in [0.25, 0.3) is 11.7 Å². The Hall–Kier alpha value is -3.84. The maximum Gasteiger partial charge on any atom is 0.295 e. The molecule has 1 N–H and O–H groups in total. The highest BCUT2D eigenvalue weighted by molar-refractivity contribution is 6.46. The average molecular weight is 479 g/mol. The highest BCUT2D eigenvalue weighted by Crippen LogP contribution is 2.43. The lowest BCUT2D eigenvalue weighted by Crippen LogP contribution is -2.29. The van der Waals surface area contributed by atoms with Crippen LogP contribution in [0.15, 0.2) is 66.5 Å². The van der Waals surface area contributed by atoms with Gasteiger partial charge in [0.05, 0.1) is 36.4 Å². The molecular formula is C26H23ClN2O5. The summed E-state index contributed by atoms with van der Waals surface area (Å²) in [5.41, 5.74) is 2.35. The van der Waals surface area contributed by atoms with Crippen LogP contribution in [-0.2, 0) is 16.1 Å². The van der Waals surface area contributed by atoms with Gasteiger partial charge in [-0.2, -0.15) is 0 Å². The normalized spacial score (nSPS) is 17.2. The lowest BCUT2D eigenvalue weighted by atomic mass is 9.94. The zero-order valence-electron chi connectivity index (χ0n) is 18.9. The topological polar surface area (TPSA) is 89.0 Å². The molecule has 3 aromatic rings. The number of rotatable bonds is 6. The summed E-state index contributed by atoms with van der Waals surface area (Å²) < 4.78 is 10.7. The van der Waals surface area contributed by atoms with E-state index >= 15 is 0 Å². The molecule has 1 aliphatic rings. The van der Waals surface area contributed by atoms with Gasteiger partial charge >= 0.3 is 0 Å². The Balaban J connectivity index is 1.92. The maximum absolute atomic E-state index is 13.3. The Labute approximate surface area is 202 Å². The number of likely N-dealkylation sites (tertiary alicyclic amines) is 1. The van der Waals surface area contributed by atoms with Gasteiger partial charge in [-0.15, -0.1) is 0 Å². The van der Waals surface area contributed by atoms with E-state index in [1.165, 1.54) is 12.0 Å². The molecule has 4 rings (SSSR count).